The van der Waals surface area contributed by atoms with E-state index in [1.165, 1.54) is 5.56 Å². The average molecular weight is 287 g/mol. The summed E-state index contributed by atoms with van der Waals surface area (Å²) in [5.41, 5.74) is 1.27. The van der Waals surface area contributed by atoms with Crippen LogP contribution in [0.15, 0.2) is 54.9 Å². The number of rotatable bonds is 3. The van der Waals surface area contributed by atoms with E-state index in [0.29, 0.717) is 0 Å². The number of ether oxygens (including phenoxy) is 1. The number of nitrogens with zero attached hydrogens (tertiary/aromatic N) is 1. The van der Waals surface area contributed by atoms with Crippen LogP contribution < -0.4 is 9.30 Å². The summed E-state index contributed by atoms with van der Waals surface area (Å²) < 4.78 is 46.3. The van der Waals surface area contributed by atoms with E-state index in [2.05, 4.69) is 29.1 Å². The van der Waals surface area contributed by atoms with Crippen LogP contribution in [0.25, 0.3) is 0 Å². The van der Waals surface area contributed by atoms with Crippen LogP contribution in [0.1, 0.15) is 5.56 Å². The van der Waals surface area contributed by atoms with Crippen molar-refractivity contribution in [2.24, 2.45) is 0 Å². The molecular formula is C13H14BF4NO. The Morgan fingerprint density at radius 3 is 1.90 bits per heavy atom. The molecular weight excluding hydrogens is 273 g/mol. The van der Waals surface area contributed by atoms with Gasteiger partial charge >= 0.3 is 7.25 Å². The van der Waals surface area contributed by atoms with Gasteiger partial charge < -0.3 is 22.0 Å². The third-order valence-electron chi connectivity index (χ3n) is 2.30. The molecule has 0 spiro atoms. The van der Waals surface area contributed by atoms with Gasteiger partial charge in [0.2, 0.25) is 0 Å². The predicted octanol–water partition coefficient (Wildman–Crippen LogP) is 3.33. The highest BCUT2D eigenvalue weighted by Gasteiger charge is 2.20. The number of hydrogen-bond acceptors (Lipinski definition) is 1. The summed E-state index contributed by atoms with van der Waals surface area (Å²) in [4.78, 5) is 0. The molecule has 7 heteroatoms. The van der Waals surface area contributed by atoms with Crippen molar-refractivity contribution in [3.05, 3.63) is 60.4 Å². The highest BCUT2D eigenvalue weighted by atomic mass is 19.5. The molecule has 0 atom stereocenters. The molecule has 1 aromatic carbocycles. The molecule has 2 rings (SSSR count). The van der Waals surface area contributed by atoms with Crippen LogP contribution in [-0.4, -0.2) is 14.4 Å². The molecule has 0 saturated heterocycles. The minimum Gasteiger partial charge on any atom is -0.497 e. The summed E-state index contributed by atoms with van der Waals surface area (Å²) in [5, 5.41) is 0. The summed E-state index contributed by atoms with van der Waals surface area (Å²) in [5.74, 6) is 0.900. The number of benzene rings is 1. The molecule has 0 aliphatic heterocycles. The first-order chi connectivity index (χ1) is 9.38. The Balaban J connectivity index is 0.000000347. The summed E-state index contributed by atoms with van der Waals surface area (Å²) in [7, 11) is -4.32. The topological polar surface area (TPSA) is 13.1 Å². The lowest BCUT2D eigenvalue weighted by molar-refractivity contribution is -0.688. The first-order valence-electron chi connectivity index (χ1n) is 5.83. The molecule has 20 heavy (non-hydrogen) atoms. The number of hydrogen-bond donors (Lipinski definition) is 0. The Hall–Kier alpha value is -2.05. The highest BCUT2D eigenvalue weighted by molar-refractivity contribution is 6.50. The van der Waals surface area contributed by atoms with Gasteiger partial charge in [-0.25, -0.2) is 4.57 Å². The molecule has 0 saturated carbocycles. The third kappa shape index (κ3) is 7.40. The van der Waals surface area contributed by atoms with E-state index >= 15 is 0 Å². The second-order valence-electron chi connectivity index (χ2n) is 3.89. The van der Waals surface area contributed by atoms with E-state index in [1.807, 2.05) is 30.3 Å². The molecule has 108 valence electrons. The van der Waals surface area contributed by atoms with Crippen LogP contribution in [0.4, 0.5) is 17.3 Å². The number of methoxy groups -OCH3 is 1. The first kappa shape index (κ1) is 16.0. The molecule has 2 nitrogen and oxygen atoms in total. The van der Waals surface area contributed by atoms with Gasteiger partial charge in [0.15, 0.2) is 18.9 Å². The van der Waals surface area contributed by atoms with Gasteiger partial charge in [-0.1, -0.05) is 6.07 Å². The highest BCUT2D eigenvalue weighted by Crippen LogP contribution is 2.10. The van der Waals surface area contributed by atoms with Crippen LogP contribution in [0.3, 0.4) is 0 Å². The van der Waals surface area contributed by atoms with Crippen molar-refractivity contribution in [2.75, 3.05) is 7.11 Å². The van der Waals surface area contributed by atoms with Crippen LogP contribution in [0, 0.1) is 0 Å². The number of halogens is 4. The van der Waals surface area contributed by atoms with Crippen molar-refractivity contribution in [3.63, 3.8) is 0 Å². The minimum absolute atomic E-state index is 0.894. The summed E-state index contributed by atoms with van der Waals surface area (Å²) in [6.45, 7) is 0.894. The maximum Gasteiger partial charge on any atom is 0.673 e. The zero-order valence-electron chi connectivity index (χ0n) is 10.8. The normalized spacial score (nSPS) is 10.4. The number of aromatic nitrogens is 1. The monoisotopic (exact) mass is 287 g/mol. The zero-order valence-corrected chi connectivity index (χ0v) is 10.8. The van der Waals surface area contributed by atoms with Gasteiger partial charge in [0.25, 0.3) is 0 Å². The van der Waals surface area contributed by atoms with Crippen LogP contribution in [-0.2, 0) is 6.54 Å². The quantitative estimate of drug-likeness (QED) is 0.479. The smallest absolute Gasteiger partial charge is 0.497 e. The SMILES string of the molecule is COc1ccc(C[n+]2ccccc2)cc1.F[B-](F)(F)F. The Morgan fingerprint density at radius 1 is 0.950 bits per heavy atom. The average Bonchev–Trinajstić information content (AvgIpc) is 2.39. The Bertz CT molecular complexity index is 496. The fraction of sp³-hybridized carbons (Fsp3) is 0.154. The Labute approximate surface area is 114 Å². The molecule has 0 N–H and O–H groups in total. The molecule has 0 aliphatic carbocycles. The zero-order chi connectivity index (χ0) is 15.0. The molecule has 1 heterocycles. The largest absolute Gasteiger partial charge is 0.673 e. The molecule has 2 aromatic rings. The van der Waals surface area contributed by atoms with E-state index < -0.39 is 7.25 Å². The molecule has 0 radical (unpaired) electrons. The lowest BCUT2D eigenvalue weighted by Gasteiger charge is -2.00. The first-order valence-corrected chi connectivity index (χ1v) is 5.83. The van der Waals surface area contributed by atoms with E-state index in [0.717, 1.165) is 12.3 Å². The summed E-state index contributed by atoms with van der Waals surface area (Å²) >= 11 is 0. The Kier molecular flexibility index (Phi) is 6.02. The van der Waals surface area contributed by atoms with Crippen molar-refractivity contribution >= 4 is 7.25 Å². The third-order valence-corrected chi connectivity index (χ3v) is 2.30. The van der Waals surface area contributed by atoms with Crippen molar-refractivity contribution < 1.29 is 26.6 Å². The summed E-state index contributed by atoms with van der Waals surface area (Å²) in [6.07, 6.45) is 4.12. The van der Waals surface area contributed by atoms with Gasteiger partial charge in [0.1, 0.15) is 5.75 Å². The fourth-order valence-corrected chi connectivity index (χ4v) is 1.48. The molecule has 1 aromatic heterocycles. The van der Waals surface area contributed by atoms with Crippen LogP contribution in [0.5, 0.6) is 5.75 Å². The van der Waals surface area contributed by atoms with Crippen LogP contribution in [0.2, 0.25) is 0 Å². The van der Waals surface area contributed by atoms with Gasteiger partial charge in [0.05, 0.1) is 7.11 Å². The lowest BCUT2D eigenvalue weighted by atomic mass is 10.2. The van der Waals surface area contributed by atoms with Gasteiger partial charge in [-0.05, 0) is 24.3 Å². The Morgan fingerprint density at radius 2 is 1.45 bits per heavy atom. The van der Waals surface area contributed by atoms with Gasteiger partial charge in [0, 0.05) is 17.7 Å². The molecule has 0 bridgehead atoms. The fourth-order valence-electron chi connectivity index (χ4n) is 1.48. The standard InChI is InChI=1S/C13H14NO.BF4/c1-15-13-7-5-12(6-8-13)11-14-9-3-2-4-10-14;2-1(3,4)5/h2-10H,11H2,1H3;/q+1;-1. The van der Waals surface area contributed by atoms with Gasteiger partial charge in [-0.3, -0.25) is 0 Å². The molecule has 0 amide bonds. The van der Waals surface area contributed by atoms with Crippen molar-refractivity contribution in [1.29, 1.82) is 0 Å². The van der Waals surface area contributed by atoms with Crippen molar-refractivity contribution in [1.82, 2.24) is 0 Å². The maximum absolute atomic E-state index is 9.75. The predicted molar refractivity (Wildman–Crippen MR) is 68.9 cm³/mol. The van der Waals surface area contributed by atoms with E-state index in [-0.39, 0.29) is 0 Å². The second-order valence-corrected chi connectivity index (χ2v) is 3.89. The lowest BCUT2D eigenvalue weighted by Crippen LogP contribution is -2.32. The van der Waals surface area contributed by atoms with Gasteiger partial charge in [-0.15, -0.1) is 0 Å². The van der Waals surface area contributed by atoms with Crippen molar-refractivity contribution in [2.45, 2.75) is 6.54 Å². The molecule has 0 fully saturated rings. The molecule has 0 aliphatic rings. The number of pyridine rings is 1. The minimum atomic E-state index is -6.00. The summed E-state index contributed by atoms with van der Waals surface area (Å²) in [6, 6.07) is 14.2. The van der Waals surface area contributed by atoms with Gasteiger partial charge in [-0.2, -0.15) is 0 Å². The van der Waals surface area contributed by atoms with Crippen LogP contribution >= 0.6 is 0 Å². The van der Waals surface area contributed by atoms with E-state index in [4.69, 9.17) is 4.74 Å². The van der Waals surface area contributed by atoms with Crippen molar-refractivity contribution in [3.8, 4) is 5.75 Å². The second kappa shape index (κ2) is 7.52. The maximum atomic E-state index is 9.75. The molecule has 0 unspecified atom stereocenters. The van der Waals surface area contributed by atoms with E-state index in [9.17, 15) is 17.3 Å². The van der Waals surface area contributed by atoms with E-state index in [1.54, 1.807) is 7.11 Å².